The fourth-order valence-corrected chi connectivity index (χ4v) is 4.39. The summed E-state index contributed by atoms with van der Waals surface area (Å²) < 4.78 is 1.75. The highest BCUT2D eigenvalue weighted by Crippen LogP contribution is 2.29. The van der Waals surface area contributed by atoms with Crippen molar-refractivity contribution in [3.8, 4) is 0 Å². The van der Waals surface area contributed by atoms with Gasteiger partial charge in [0.05, 0.1) is 5.75 Å². The summed E-state index contributed by atoms with van der Waals surface area (Å²) in [5, 5.41) is 11.6. The van der Waals surface area contributed by atoms with E-state index in [0.29, 0.717) is 10.8 Å². The zero-order chi connectivity index (χ0) is 15.2. The van der Waals surface area contributed by atoms with Crippen LogP contribution in [0.1, 0.15) is 12.5 Å². The second-order valence-electron chi connectivity index (χ2n) is 4.02. The van der Waals surface area contributed by atoms with Crippen molar-refractivity contribution in [2.75, 3.05) is 16.8 Å². The van der Waals surface area contributed by atoms with Crippen molar-refractivity contribution in [1.29, 1.82) is 0 Å². The quantitative estimate of drug-likeness (QED) is 0.777. The van der Waals surface area contributed by atoms with Crippen LogP contribution in [0.3, 0.4) is 0 Å². The summed E-state index contributed by atoms with van der Waals surface area (Å²) in [6.45, 7) is 3.95. The molecule has 8 heteroatoms. The Morgan fingerprint density at radius 1 is 1.33 bits per heavy atom. The maximum Gasteiger partial charge on any atom is 0.234 e. The molecule has 1 N–H and O–H groups in total. The third-order valence-corrected chi connectivity index (χ3v) is 6.01. The van der Waals surface area contributed by atoms with E-state index in [-0.39, 0.29) is 5.91 Å². The maximum absolute atomic E-state index is 12.0. The summed E-state index contributed by atoms with van der Waals surface area (Å²) in [7, 11) is 0. The average molecular weight is 360 g/mol. The maximum atomic E-state index is 12.0. The van der Waals surface area contributed by atoms with Gasteiger partial charge in [0.1, 0.15) is 0 Å². The summed E-state index contributed by atoms with van der Waals surface area (Å²) in [6.07, 6.45) is 0. The molecule has 1 aromatic heterocycles. The Hall–Kier alpha value is -0.760. The van der Waals surface area contributed by atoms with Gasteiger partial charge in [-0.25, -0.2) is 0 Å². The molecule has 0 aliphatic carbocycles. The zero-order valence-electron chi connectivity index (χ0n) is 11.6. The number of hydrogen-bond acceptors (Lipinski definition) is 6. The van der Waals surface area contributed by atoms with E-state index in [2.05, 4.69) is 22.4 Å². The molecule has 2 aromatic rings. The van der Waals surface area contributed by atoms with Gasteiger partial charge in [-0.2, -0.15) is 0 Å². The molecule has 1 aromatic carbocycles. The Kier molecular flexibility index (Phi) is 6.35. The van der Waals surface area contributed by atoms with Crippen LogP contribution in [-0.4, -0.2) is 27.6 Å². The molecule has 1 amide bonds. The lowest BCUT2D eigenvalue weighted by atomic mass is 10.2. The number of amides is 1. The van der Waals surface area contributed by atoms with Gasteiger partial charge < -0.3 is 5.32 Å². The van der Waals surface area contributed by atoms with Crippen molar-refractivity contribution in [3.05, 3.63) is 28.8 Å². The number of nitrogens with one attached hydrogen (secondary N) is 1. The third-order valence-electron chi connectivity index (χ3n) is 2.52. The number of aromatic nitrogens is 2. The van der Waals surface area contributed by atoms with E-state index >= 15 is 0 Å². The van der Waals surface area contributed by atoms with Crippen LogP contribution in [0.5, 0.6) is 0 Å². The van der Waals surface area contributed by atoms with E-state index in [1.807, 2.05) is 19.1 Å². The molecule has 2 rings (SSSR count). The highest BCUT2D eigenvalue weighted by molar-refractivity contribution is 8.03. The number of carbonyl (C=O) groups excluding carboxylic acids is 1. The van der Waals surface area contributed by atoms with Crippen molar-refractivity contribution in [3.63, 3.8) is 0 Å². The Balaban J connectivity index is 1.88. The minimum absolute atomic E-state index is 0.0785. The molecule has 0 saturated carbocycles. The SMILES string of the molecule is CCSc1nnc(SCC(=O)Nc2cccc(Cl)c2C)s1. The van der Waals surface area contributed by atoms with Gasteiger partial charge in [-0.1, -0.05) is 59.5 Å². The first-order chi connectivity index (χ1) is 10.1. The molecule has 0 atom stereocenters. The van der Waals surface area contributed by atoms with Crippen molar-refractivity contribution >= 4 is 58.1 Å². The molecule has 0 bridgehead atoms. The van der Waals surface area contributed by atoms with Gasteiger partial charge >= 0.3 is 0 Å². The predicted octanol–water partition coefficient (Wildman–Crippen LogP) is 4.34. The Morgan fingerprint density at radius 2 is 2.05 bits per heavy atom. The van der Waals surface area contributed by atoms with Gasteiger partial charge in [-0.05, 0) is 30.4 Å². The molecule has 0 saturated heterocycles. The fraction of sp³-hybridized carbons (Fsp3) is 0.308. The van der Waals surface area contributed by atoms with Crippen molar-refractivity contribution in [2.24, 2.45) is 0 Å². The third kappa shape index (κ3) is 4.88. The number of hydrogen-bond donors (Lipinski definition) is 1. The lowest BCUT2D eigenvalue weighted by Gasteiger charge is -2.08. The molecule has 1 heterocycles. The minimum Gasteiger partial charge on any atom is -0.325 e. The minimum atomic E-state index is -0.0785. The Labute approximate surface area is 141 Å². The van der Waals surface area contributed by atoms with E-state index in [4.69, 9.17) is 11.6 Å². The largest absolute Gasteiger partial charge is 0.325 e. The number of rotatable bonds is 6. The van der Waals surface area contributed by atoms with Gasteiger partial charge in [-0.3, -0.25) is 4.79 Å². The van der Waals surface area contributed by atoms with Gasteiger partial charge in [-0.15, -0.1) is 10.2 Å². The number of nitrogens with zero attached hydrogens (tertiary/aromatic N) is 2. The van der Waals surface area contributed by atoms with Crippen LogP contribution in [0.25, 0.3) is 0 Å². The molecular weight excluding hydrogens is 346 g/mol. The van der Waals surface area contributed by atoms with Gasteiger partial charge in [0, 0.05) is 10.7 Å². The molecule has 0 aliphatic heterocycles. The van der Waals surface area contributed by atoms with E-state index in [1.165, 1.54) is 23.1 Å². The number of halogens is 1. The van der Waals surface area contributed by atoms with E-state index in [1.54, 1.807) is 17.8 Å². The average Bonchev–Trinajstić information content (AvgIpc) is 2.90. The molecule has 0 unspecified atom stereocenters. The molecule has 0 spiro atoms. The van der Waals surface area contributed by atoms with Crippen LogP contribution < -0.4 is 5.32 Å². The smallest absolute Gasteiger partial charge is 0.234 e. The molecule has 0 radical (unpaired) electrons. The standard InChI is InChI=1S/C13H14ClN3OS3/c1-3-19-12-16-17-13(21-12)20-7-11(18)15-10-6-4-5-9(14)8(10)2/h4-6H,3,7H2,1-2H3,(H,15,18). The van der Waals surface area contributed by atoms with Crippen LogP contribution >= 0.6 is 46.5 Å². The topological polar surface area (TPSA) is 54.9 Å². The molecule has 0 aliphatic rings. The Morgan fingerprint density at radius 3 is 2.76 bits per heavy atom. The van der Waals surface area contributed by atoms with Crippen molar-refractivity contribution in [2.45, 2.75) is 22.5 Å². The molecule has 0 fully saturated rings. The zero-order valence-corrected chi connectivity index (χ0v) is 14.8. The van der Waals surface area contributed by atoms with Crippen LogP contribution in [0.15, 0.2) is 26.9 Å². The van der Waals surface area contributed by atoms with Crippen LogP contribution in [0, 0.1) is 6.92 Å². The number of anilines is 1. The monoisotopic (exact) mass is 359 g/mol. The van der Waals surface area contributed by atoms with Gasteiger partial charge in [0.2, 0.25) is 5.91 Å². The van der Waals surface area contributed by atoms with Crippen LogP contribution in [0.4, 0.5) is 5.69 Å². The summed E-state index contributed by atoms with van der Waals surface area (Å²) in [4.78, 5) is 12.0. The molecular formula is C13H14ClN3OS3. The fourth-order valence-electron chi connectivity index (χ4n) is 1.49. The second kappa shape index (κ2) is 8.03. The van der Waals surface area contributed by atoms with Crippen molar-refractivity contribution in [1.82, 2.24) is 10.2 Å². The van der Waals surface area contributed by atoms with Crippen LogP contribution in [0.2, 0.25) is 5.02 Å². The van der Waals surface area contributed by atoms with Gasteiger partial charge in [0.15, 0.2) is 8.68 Å². The predicted molar refractivity (Wildman–Crippen MR) is 91.8 cm³/mol. The summed E-state index contributed by atoms with van der Waals surface area (Å²) in [6, 6.07) is 5.46. The van der Waals surface area contributed by atoms with Gasteiger partial charge in [0.25, 0.3) is 0 Å². The molecule has 4 nitrogen and oxygen atoms in total. The van der Waals surface area contributed by atoms with E-state index < -0.39 is 0 Å². The number of carbonyl (C=O) groups is 1. The lowest BCUT2D eigenvalue weighted by molar-refractivity contribution is -0.113. The van der Waals surface area contributed by atoms with Crippen molar-refractivity contribution < 1.29 is 4.79 Å². The summed E-state index contributed by atoms with van der Waals surface area (Å²) in [5.41, 5.74) is 1.61. The number of thioether (sulfide) groups is 2. The lowest BCUT2D eigenvalue weighted by Crippen LogP contribution is -2.14. The van der Waals surface area contributed by atoms with E-state index in [0.717, 1.165) is 25.7 Å². The molecule has 112 valence electrons. The Bertz CT molecular complexity index is 633. The first-order valence-electron chi connectivity index (χ1n) is 6.24. The first kappa shape index (κ1) is 16.6. The summed E-state index contributed by atoms with van der Waals surface area (Å²) in [5.74, 6) is 1.19. The molecule has 21 heavy (non-hydrogen) atoms. The second-order valence-corrected chi connectivity index (χ2v) is 8.13. The summed E-state index contributed by atoms with van der Waals surface area (Å²) >= 11 is 10.6. The van der Waals surface area contributed by atoms with Crippen LogP contribution in [-0.2, 0) is 4.79 Å². The highest BCUT2D eigenvalue weighted by atomic mass is 35.5. The number of benzene rings is 1. The first-order valence-corrected chi connectivity index (χ1v) is 9.40. The highest BCUT2D eigenvalue weighted by Gasteiger charge is 2.10. The normalized spacial score (nSPS) is 10.6. The van der Waals surface area contributed by atoms with E-state index in [9.17, 15) is 4.79 Å².